The third-order valence-electron chi connectivity index (χ3n) is 5.72. The molecule has 1 fully saturated rings. The first-order valence-corrected chi connectivity index (χ1v) is 11.5. The van der Waals surface area contributed by atoms with E-state index in [0.717, 1.165) is 60.8 Å². The number of hydrogen-bond donors (Lipinski definition) is 1. The Morgan fingerprint density at radius 1 is 1.30 bits per heavy atom. The van der Waals surface area contributed by atoms with Crippen LogP contribution in [-0.2, 0) is 17.7 Å². The molecule has 1 aromatic carbocycles. The van der Waals surface area contributed by atoms with Gasteiger partial charge < -0.3 is 9.30 Å². The first-order chi connectivity index (χ1) is 14.5. The highest BCUT2D eigenvalue weighted by Crippen LogP contribution is 2.24. The summed E-state index contributed by atoms with van der Waals surface area (Å²) in [6.45, 7) is 7.87. The van der Waals surface area contributed by atoms with Crippen molar-refractivity contribution in [2.45, 2.75) is 57.8 Å². The predicted molar refractivity (Wildman–Crippen MR) is 119 cm³/mol. The molecular formula is C23H28N4O2S. The molecule has 7 heteroatoms. The van der Waals surface area contributed by atoms with Crippen molar-refractivity contribution in [3.8, 4) is 11.4 Å². The van der Waals surface area contributed by atoms with Crippen LogP contribution in [0.2, 0.25) is 0 Å². The van der Waals surface area contributed by atoms with Gasteiger partial charge in [0.25, 0.3) is 0 Å². The summed E-state index contributed by atoms with van der Waals surface area (Å²) in [5.41, 5.74) is 5.18. The number of ether oxygens (including phenoxy) is 1. The fourth-order valence-electron chi connectivity index (χ4n) is 3.90. The van der Waals surface area contributed by atoms with E-state index < -0.39 is 0 Å². The highest BCUT2D eigenvalue weighted by molar-refractivity contribution is 7.99. The number of aromatic amines is 1. The number of Topliss-reactive ketones (excluding diaryl/α,β-unsaturated/α-hetero) is 1. The van der Waals surface area contributed by atoms with Gasteiger partial charge >= 0.3 is 0 Å². The van der Waals surface area contributed by atoms with E-state index in [0.29, 0.717) is 10.9 Å². The zero-order valence-electron chi connectivity index (χ0n) is 17.8. The van der Waals surface area contributed by atoms with Gasteiger partial charge in [-0.15, -0.1) is 5.10 Å². The zero-order chi connectivity index (χ0) is 21.1. The van der Waals surface area contributed by atoms with Gasteiger partial charge in [-0.05, 0) is 44.7 Å². The average Bonchev–Trinajstić information content (AvgIpc) is 3.50. The van der Waals surface area contributed by atoms with Crippen molar-refractivity contribution in [2.75, 3.05) is 12.4 Å². The largest absolute Gasteiger partial charge is 0.376 e. The molecule has 2 aromatic heterocycles. The number of thioether (sulfide) groups is 1. The van der Waals surface area contributed by atoms with Crippen molar-refractivity contribution in [1.82, 2.24) is 19.7 Å². The third kappa shape index (κ3) is 4.52. The van der Waals surface area contributed by atoms with Gasteiger partial charge in [-0.1, -0.05) is 43.0 Å². The molecule has 30 heavy (non-hydrogen) atoms. The first-order valence-electron chi connectivity index (χ1n) is 10.5. The molecule has 0 amide bonds. The summed E-state index contributed by atoms with van der Waals surface area (Å²) in [7, 11) is 0. The summed E-state index contributed by atoms with van der Waals surface area (Å²) in [4.78, 5) is 17.4. The molecule has 1 N–H and O–H groups in total. The van der Waals surface area contributed by atoms with Gasteiger partial charge in [-0.2, -0.15) is 0 Å². The van der Waals surface area contributed by atoms with Crippen LogP contribution in [0.5, 0.6) is 0 Å². The van der Waals surface area contributed by atoms with E-state index in [1.807, 2.05) is 25.1 Å². The lowest BCUT2D eigenvalue weighted by Crippen LogP contribution is -2.17. The number of aryl methyl sites for hydroxylation is 2. The number of nitrogens with one attached hydrogen (secondary N) is 1. The Kier molecular flexibility index (Phi) is 6.39. The lowest BCUT2D eigenvalue weighted by atomic mass is 10.1. The standard InChI is InChI=1S/C23H28N4O2S/c1-4-17-7-9-18(10-8-17)22-24-23(26-25-22)30-14-21(28)20-12-15(2)27(16(20)3)13-19-6-5-11-29-19/h7-10,12,19H,4-6,11,13-14H2,1-3H3,(H,24,25,26)/t19-/m1/s1. The molecule has 158 valence electrons. The second-order valence-electron chi connectivity index (χ2n) is 7.76. The molecule has 0 bridgehead atoms. The summed E-state index contributed by atoms with van der Waals surface area (Å²) in [5.74, 6) is 1.14. The Hall–Kier alpha value is -2.38. The molecular weight excluding hydrogens is 396 g/mol. The van der Waals surface area contributed by atoms with E-state index in [2.05, 4.69) is 45.7 Å². The van der Waals surface area contributed by atoms with Gasteiger partial charge in [0.15, 0.2) is 11.6 Å². The van der Waals surface area contributed by atoms with Gasteiger partial charge in [0.05, 0.1) is 11.9 Å². The van der Waals surface area contributed by atoms with E-state index in [4.69, 9.17) is 4.74 Å². The minimum atomic E-state index is 0.102. The normalized spacial score (nSPS) is 16.3. The molecule has 0 aliphatic carbocycles. The number of benzene rings is 1. The highest BCUT2D eigenvalue weighted by Gasteiger charge is 2.21. The van der Waals surface area contributed by atoms with Crippen LogP contribution in [0.25, 0.3) is 11.4 Å². The van der Waals surface area contributed by atoms with Gasteiger partial charge in [0, 0.05) is 35.7 Å². The maximum Gasteiger partial charge on any atom is 0.209 e. The van der Waals surface area contributed by atoms with Crippen LogP contribution in [0, 0.1) is 13.8 Å². The second-order valence-corrected chi connectivity index (χ2v) is 8.70. The summed E-state index contributed by atoms with van der Waals surface area (Å²) < 4.78 is 7.97. The Labute approximate surface area is 181 Å². The van der Waals surface area contributed by atoms with Crippen LogP contribution < -0.4 is 0 Å². The van der Waals surface area contributed by atoms with Gasteiger partial charge in [-0.3, -0.25) is 9.89 Å². The molecule has 0 radical (unpaired) electrons. The van der Waals surface area contributed by atoms with E-state index in [1.165, 1.54) is 17.3 Å². The van der Waals surface area contributed by atoms with Gasteiger partial charge in [-0.25, -0.2) is 4.98 Å². The quantitative estimate of drug-likeness (QED) is 0.422. The van der Waals surface area contributed by atoms with Crippen LogP contribution in [0.4, 0.5) is 0 Å². The Morgan fingerprint density at radius 3 is 2.80 bits per heavy atom. The van der Waals surface area contributed by atoms with E-state index >= 15 is 0 Å². The second kappa shape index (κ2) is 9.18. The van der Waals surface area contributed by atoms with Crippen molar-refractivity contribution in [1.29, 1.82) is 0 Å². The number of aromatic nitrogens is 4. The smallest absolute Gasteiger partial charge is 0.209 e. The van der Waals surface area contributed by atoms with Gasteiger partial charge in [0.1, 0.15) is 0 Å². The molecule has 3 aromatic rings. The maximum absolute atomic E-state index is 12.9. The van der Waals surface area contributed by atoms with Crippen LogP contribution in [0.15, 0.2) is 35.5 Å². The molecule has 6 nitrogen and oxygen atoms in total. The number of rotatable bonds is 8. The number of carbonyl (C=O) groups is 1. The van der Waals surface area contributed by atoms with Crippen molar-refractivity contribution < 1.29 is 9.53 Å². The molecule has 1 saturated heterocycles. The minimum absolute atomic E-state index is 0.102. The maximum atomic E-state index is 12.9. The summed E-state index contributed by atoms with van der Waals surface area (Å²) >= 11 is 1.37. The molecule has 0 spiro atoms. The predicted octanol–water partition coefficient (Wildman–Crippen LogP) is 4.61. The van der Waals surface area contributed by atoms with Gasteiger partial charge in [0.2, 0.25) is 5.16 Å². The highest BCUT2D eigenvalue weighted by atomic mass is 32.2. The fraction of sp³-hybridized carbons (Fsp3) is 0.435. The number of hydrogen-bond acceptors (Lipinski definition) is 5. The number of H-pyrrole nitrogens is 1. The topological polar surface area (TPSA) is 72.8 Å². The monoisotopic (exact) mass is 424 g/mol. The lowest BCUT2D eigenvalue weighted by Gasteiger charge is -2.14. The fourth-order valence-corrected chi connectivity index (χ4v) is 4.58. The van der Waals surface area contributed by atoms with Crippen LogP contribution in [0.1, 0.15) is 47.1 Å². The van der Waals surface area contributed by atoms with Crippen LogP contribution in [-0.4, -0.2) is 44.0 Å². The van der Waals surface area contributed by atoms with Crippen LogP contribution in [0.3, 0.4) is 0 Å². The molecule has 1 atom stereocenters. The molecule has 1 aliphatic rings. The molecule has 0 saturated carbocycles. The van der Waals surface area contributed by atoms with E-state index in [-0.39, 0.29) is 11.9 Å². The molecule has 1 aliphatic heterocycles. The Morgan fingerprint density at radius 2 is 2.10 bits per heavy atom. The van der Waals surface area contributed by atoms with Crippen LogP contribution >= 0.6 is 11.8 Å². The molecule has 3 heterocycles. The first kappa shape index (κ1) is 20.9. The Balaban J connectivity index is 1.39. The van der Waals surface area contributed by atoms with E-state index in [9.17, 15) is 4.79 Å². The van der Waals surface area contributed by atoms with Crippen molar-refractivity contribution >= 4 is 17.5 Å². The number of ketones is 1. The Bertz CT molecular complexity index is 1020. The van der Waals surface area contributed by atoms with Crippen molar-refractivity contribution in [3.63, 3.8) is 0 Å². The summed E-state index contributed by atoms with van der Waals surface area (Å²) in [5, 5.41) is 7.83. The van der Waals surface area contributed by atoms with E-state index in [1.54, 1.807) is 0 Å². The SMILES string of the molecule is CCc1ccc(-c2nc(SCC(=O)c3cc(C)n(C[C@H]4CCCO4)c3C)n[nH]2)cc1. The molecule has 4 rings (SSSR count). The third-order valence-corrected chi connectivity index (χ3v) is 6.56. The minimum Gasteiger partial charge on any atom is -0.376 e. The van der Waals surface area contributed by atoms with Crippen molar-refractivity contribution in [2.24, 2.45) is 0 Å². The molecule has 0 unspecified atom stereocenters. The zero-order valence-corrected chi connectivity index (χ0v) is 18.6. The summed E-state index contributed by atoms with van der Waals surface area (Å²) in [6.07, 6.45) is 3.47. The van der Waals surface area contributed by atoms with Crippen molar-refractivity contribution in [3.05, 3.63) is 52.8 Å². The number of nitrogens with zero attached hydrogens (tertiary/aromatic N) is 3. The number of carbonyl (C=O) groups excluding carboxylic acids is 1. The average molecular weight is 425 g/mol. The summed E-state index contributed by atoms with van der Waals surface area (Å²) in [6, 6.07) is 10.3. The lowest BCUT2D eigenvalue weighted by molar-refractivity contribution is 0.0957.